The van der Waals surface area contributed by atoms with Gasteiger partial charge in [0, 0.05) is 19.3 Å². The predicted octanol–water partition coefficient (Wildman–Crippen LogP) is 0.857. The largest absolute Gasteiger partial charge is 0.354 e. The fraction of sp³-hybridized carbons (Fsp3) is 0.250. The fourth-order valence-corrected chi connectivity index (χ4v) is 1.61. The summed E-state index contributed by atoms with van der Waals surface area (Å²) >= 11 is 0. The molecule has 0 saturated carbocycles. The van der Waals surface area contributed by atoms with Crippen molar-refractivity contribution in [3.8, 4) is 0 Å². The van der Waals surface area contributed by atoms with Crippen LogP contribution in [0.2, 0.25) is 0 Å². The highest BCUT2D eigenvalue weighted by Gasteiger charge is 2.14. The van der Waals surface area contributed by atoms with E-state index < -0.39 is 0 Å². The van der Waals surface area contributed by atoms with E-state index in [1.54, 1.807) is 6.20 Å². The van der Waals surface area contributed by atoms with E-state index in [4.69, 9.17) is 0 Å². The summed E-state index contributed by atoms with van der Waals surface area (Å²) in [4.78, 5) is 8.48. The maximum atomic E-state index is 4.41. The Kier molecular flexibility index (Phi) is 0.983. The van der Waals surface area contributed by atoms with Crippen LogP contribution in [0.15, 0.2) is 18.5 Å². The van der Waals surface area contributed by atoms with E-state index in [-0.39, 0.29) is 0 Å². The zero-order valence-corrected chi connectivity index (χ0v) is 6.49. The van der Waals surface area contributed by atoms with E-state index in [0.29, 0.717) is 0 Å². The van der Waals surface area contributed by atoms with E-state index in [2.05, 4.69) is 19.9 Å². The van der Waals surface area contributed by atoms with Gasteiger partial charge in [0.1, 0.15) is 0 Å². The number of fused-ring (bicyclic) bond motifs is 3. The van der Waals surface area contributed by atoms with Crippen LogP contribution in [0, 0.1) is 0 Å². The summed E-state index contributed by atoms with van der Waals surface area (Å²) in [6.45, 7) is 1.98. The zero-order valence-electron chi connectivity index (χ0n) is 6.49. The van der Waals surface area contributed by atoms with E-state index in [0.717, 1.165) is 30.1 Å². The molecule has 4 heteroatoms. The minimum Gasteiger partial charge on any atom is -0.354 e. The van der Waals surface area contributed by atoms with Gasteiger partial charge in [0.25, 0.3) is 0 Å². The number of rotatable bonds is 0. The molecule has 3 rings (SSSR count). The zero-order chi connectivity index (χ0) is 7.97. The second-order valence-electron chi connectivity index (χ2n) is 2.88. The monoisotopic (exact) mass is 160 g/mol. The Morgan fingerprint density at radius 2 is 2.50 bits per heavy atom. The Hall–Kier alpha value is -1.58. The minimum atomic E-state index is 0.970. The van der Waals surface area contributed by atoms with Crippen molar-refractivity contribution in [3.63, 3.8) is 0 Å². The molecule has 0 fully saturated rings. The lowest BCUT2D eigenvalue weighted by Gasteiger charge is -1.93. The molecule has 60 valence electrons. The fourth-order valence-electron chi connectivity index (χ4n) is 1.61. The number of pyridine rings is 1. The molecule has 0 radical (unpaired) electrons. The first-order valence-corrected chi connectivity index (χ1v) is 3.99. The van der Waals surface area contributed by atoms with Gasteiger partial charge in [0.15, 0.2) is 0 Å². The Labute approximate surface area is 69.2 Å². The van der Waals surface area contributed by atoms with Gasteiger partial charge in [-0.15, -0.1) is 0 Å². The summed E-state index contributed by atoms with van der Waals surface area (Å²) in [5.74, 6) is 0.970. The van der Waals surface area contributed by atoms with Crippen LogP contribution in [0.4, 0.5) is 5.95 Å². The molecule has 0 aliphatic carbocycles. The lowest BCUT2D eigenvalue weighted by atomic mass is 10.4. The quantitative estimate of drug-likeness (QED) is 0.621. The van der Waals surface area contributed by atoms with Crippen molar-refractivity contribution in [2.75, 3.05) is 11.9 Å². The van der Waals surface area contributed by atoms with Gasteiger partial charge < -0.3 is 9.88 Å². The summed E-state index contributed by atoms with van der Waals surface area (Å²) in [6.07, 6.45) is 3.63. The van der Waals surface area contributed by atoms with Gasteiger partial charge in [0.2, 0.25) is 5.95 Å². The standard InChI is InChI=1S/C8H8N4/c1-2-9-5-7-6(1)11-8-10-3-4-12(7)8/h1-2,5H,3-4H2,(H,10,11). The molecule has 0 unspecified atom stereocenters. The van der Waals surface area contributed by atoms with Crippen LogP contribution in [0.1, 0.15) is 0 Å². The molecule has 0 atom stereocenters. The maximum Gasteiger partial charge on any atom is 0.204 e. The predicted molar refractivity (Wildman–Crippen MR) is 46.0 cm³/mol. The van der Waals surface area contributed by atoms with Gasteiger partial charge in [-0.3, -0.25) is 4.98 Å². The molecule has 0 spiro atoms. The Balaban J connectivity index is 2.44. The van der Waals surface area contributed by atoms with Crippen LogP contribution in [-0.2, 0) is 6.54 Å². The number of aromatic nitrogens is 3. The Morgan fingerprint density at radius 1 is 1.50 bits per heavy atom. The summed E-state index contributed by atoms with van der Waals surface area (Å²) < 4.78 is 2.16. The average Bonchev–Trinajstić information content (AvgIpc) is 2.62. The van der Waals surface area contributed by atoms with Crippen LogP contribution >= 0.6 is 0 Å². The highest BCUT2D eigenvalue weighted by atomic mass is 15.3. The van der Waals surface area contributed by atoms with Crippen LogP contribution in [0.5, 0.6) is 0 Å². The van der Waals surface area contributed by atoms with Crippen molar-refractivity contribution in [1.82, 2.24) is 14.5 Å². The Bertz CT molecular complexity index is 432. The molecule has 1 aliphatic heterocycles. The topological polar surface area (TPSA) is 42.7 Å². The molecule has 0 amide bonds. The molecule has 4 nitrogen and oxygen atoms in total. The second-order valence-corrected chi connectivity index (χ2v) is 2.88. The van der Waals surface area contributed by atoms with Crippen molar-refractivity contribution in [2.45, 2.75) is 6.54 Å². The smallest absolute Gasteiger partial charge is 0.204 e. The van der Waals surface area contributed by atoms with Gasteiger partial charge in [-0.05, 0) is 6.07 Å². The summed E-state index contributed by atoms with van der Waals surface area (Å²) in [5.41, 5.74) is 2.14. The lowest BCUT2D eigenvalue weighted by Crippen LogP contribution is -1.94. The molecule has 0 saturated heterocycles. The third-order valence-electron chi connectivity index (χ3n) is 2.17. The van der Waals surface area contributed by atoms with Gasteiger partial charge in [-0.2, -0.15) is 0 Å². The van der Waals surface area contributed by atoms with Crippen molar-refractivity contribution in [1.29, 1.82) is 0 Å². The van der Waals surface area contributed by atoms with Crippen LogP contribution < -0.4 is 5.32 Å². The Morgan fingerprint density at radius 3 is 3.50 bits per heavy atom. The van der Waals surface area contributed by atoms with Crippen molar-refractivity contribution in [3.05, 3.63) is 18.5 Å². The van der Waals surface area contributed by atoms with Crippen LogP contribution in [-0.4, -0.2) is 21.1 Å². The number of hydrogen-bond donors (Lipinski definition) is 1. The molecule has 2 aromatic rings. The van der Waals surface area contributed by atoms with Crippen molar-refractivity contribution in [2.24, 2.45) is 0 Å². The normalized spacial score (nSPS) is 14.7. The molecular weight excluding hydrogens is 152 g/mol. The van der Waals surface area contributed by atoms with E-state index >= 15 is 0 Å². The van der Waals surface area contributed by atoms with Gasteiger partial charge >= 0.3 is 0 Å². The third kappa shape index (κ3) is 0.617. The lowest BCUT2D eigenvalue weighted by molar-refractivity contribution is 0.835. The number of imidazole rings is 1. The molecule has 0 bridgehead atoms. The molecular formula is C8H8N4. The van der Waals surface area contributed by atoms with E-state index in [1.807, 2.05) is 12.3 Å². The molecule has 12 heavy (non-hydrogen) atoms. The van der Waals surface area contributed by atoms with Gasteiger partial charge in [0.05, 0.1) is 17.2 Å². The third-order valence-corrected chi connectivity index (χ3v) is 2.17. The van der Waals surface area contributed by atoms with Crippen molar-refractivity contribution < 1.29 is 0 Å². The molecule has 1 aliphatic rings. The van der Waals surface area contributed by atoms with Crippen LogP contribution in [0.3, 0.4) is 0 Å². The number of hydrogen-bond acceptors (Lipinski definition) is 3. The van der Waals surface area contributed by atoms with Crippen molar-refractivity contribution >= 4 is 17.0 Å². The highest BCUT2D eigenvalue weighted by molar-refractivity contribution is 5.78. The number of nitrogens with one attached hydrogen (secondary N) is 1. The molecule has 0 aromatic carbocycles. The first-order valence-electron chi connectivity index (χ1n) is 3.99. The average molecular weight is 160 g/mol. The summed E-state index contributed by atoms with van der Waals surface area (Å²) in [7, 11) is 0. The molecule has 1 N–H and O–H groups in total. The first kappa shape index (κ1) is 5.99. The van der Waals surface area contributed by atoms with E-state index in [9.17, 15) is 0 Å². The summed E-state index contributed by atoms with van der Waals surface area (Å²) in [5, 5.41) is 3.21. The minimum absolute atomic E-state index is 0.970. The molecule has 3 heterocycles. The maximum absolute atomic E-state index is 4.41. The van der Waals surface area contributed by atoms with Crippen LogP contribution in [0.25, 0.3) is 11.0 Å². The number of anilines is 1. The number of nitrogens with zero attached hydrogens (tertiary/aromatic N) is 3. The highest BCUT2D eigenvalue weighted by Crippen LogP contribution is 2.21. The SMILES string of the molecule is c1cc2nc3n(c2cn1)CCN3. The van der Waals surface area contributed by atoms with Gasteiger partial charge in [-0.25, -0.2) is 4.98 Å². The van der Waals surface area contributed by atoms with Gasteiger partial charge in [-0.1, -0.05) is 0 Å². The molecule has 2 aromatic heterocycles. The second kappa shape index (κ2) is 1.97. The summed E-state index contributed by atoms with van der Waals surface area (Å²) in [6, 6.07) is 1.93. The van der Waals surface area contributed by atoms with E-state index in [1.165, 1.54) is 0 Å². The first-order chi connectivity index (χ1) is 5.95.